The lowest BCUT2D eigenvalue weighted by atomic mass is 10.0. The molecular weight excluding hydrogens is 264 g/mol. The van der Waals surface area contributed by atoms with Gasteiger partial charge in [0.05, 0.1) is 7.11 Å². The molecule has 0 aliphatic heterocycles. The van der Waals surface area contributed by atoms with E-state index in [1.165, 1.54) is 13.2 Å². The lowest BCUT2D eigenvalue weighted by Crippen LogP contribution is -2.43. The third-order valence-electron chi connectivity index (χ3n) is 2.76. The van der Waals surface area contributed by atoms with Gasteiger partial charge in [-0.25, -0.2) is 13.1 Å². The van der Waals surface area contributed by atoms with E-state index in [1.54, 1.807) is 12.1 Å². The first-order valence-electron chi connectivity index (χ1n) is 6.19. The molecule has 1 aromatic carbocycles. The maximum absolute atomic E-state index is 12.4. The summed E-state index contributed by atoms with van der Waals surface area (Å²) in [5.41, 5.74) is 5.53. The van der Waals surface area contributed by atoms with Crippen molar-refractivity contribution >= 4 is 15.7 Å². The summed E-state index contributed by atoms with van der Waals surface area (Å²) in [6, 6.07) is 4.56. The molecule has 0 aromatic heterocycles. The van der Waals surface area contributed by atoms with Crippen molar-refractivity contribution in [3.8, 4) is 5.75 Å². The number of nitrogens with two attached hydrogens (primary N) is 1. The first kappa shape index (κ1) is 15.8. The highest BCUT2D eigenvalue weighted by Crippen LogP contribution is 2.27. The van der Waals surface area contributed by atoms with E-state index in [-0.39, 0.29) is 10.6 Å². The van der Waals surface area contributed by atoms with Crippen LogP contribution in [0.3, 0.4) is 0 Å². The average molecular weight is 286 g/mol. The number of methoxy groups -OCH3 is 1. The Morgan fingerprint density at radius 1 is 1.37 bits per heavy atom. The van der Waals surface area contributed by atoms with E-state index < -0.39 is 15.6 Å². The second-order valence-electron chi connectivity index (χ2n) is 5.15. The van der Waals surface area contributed by atoms with Crippen LogP contribution in [-0.4, -0.2) is 21.1 Å². The minimum absolute atomic E-state index is 0.0687. The Kier molecular flexibility index (Phi) is 4.81. The molecule has 0 aliphatic rings. The van der Waals surface area contributed by atoms with Crippen molar-refractivity contribution in [1.29, 1.82) is 0 Å². The van der Waals surface area contributed by atoms with Gasteiger partial charge in [0.1, 0.15) is 10.6 Å². The highest BCUT2D eigenvalue weighted by atomic mass is 32.2. The number of hydrogen-bond acceptors (Lipinski definition) is 4. The molecule has 0 unspecified atom stereocenters. The lowest BCUT2D eigenvalue weighted by Gasteiger charge is -2.25. The zero-order valence-electron chi connectivity index (χ0n) is 11.9. The molecule has 6 heteroatoms. The fourth-order valence-electron chi connectivity index (χ4n) is 2.00. The van der Waals surface area contributed by atoms with Gasteiger partial charge in [-0.05, 0) is 38.5 Å². The number of sulfonamides is 1. The molecular formula is C13H22N2O3S. The Hall–Kier alpha value is -1.27. The zero-order valence-corrected chi connectivity index (χ0v) is 12.7. The van der Waals surface area contributed by atoms with Crippen molar-refractivity contribution in [3.05, 3.63) is 18.2 Å². The summed E-state index contributed by atoms with van der Waals surface area (Å²) in [5, 5.41) is 0. The van der Waals surface area contributed by atoms with E-state index in [2.05, 4.69) is 4.72 Å². The van der Waals surface area contributed by atoms with Gasteiger partial charge in [0.15, 0.2) is 0 Å². The molecule has 19 heavy (non-hydrogen) atoms. The number of nitrogens with one attached hydrogen (secondary N) is 1. The summed E-state index contributed by atoms with van der Waals surface area (Å²) in [4.78, 5) is 0.0687. The Bertz CT molecular complexity index is 539. The van der Waals surface area contributed by atoms with Crippen LogP contribution >= 0.6 is 0 Å². The maximum Gasteiger partial charge on any atom is 0.244 e. The van der Waals surface area contributed by atoms with Crippen LogP contribution in [0.1, 0.15) is 33.6 Å². The zero-order chi connectivity index (χ0) is 14.7. The molecule has 108 valence electrons. The second-order valence-corrected chi connectivity index (χ2v) is 6.80. The van der Waals surface area contributed by atoms with Crippen molar-refractivity contribution in [3.63, 3.8) is 0 Å². The number of anilines is 1. The van der Waals surface area contributed by atoms with Crippen molar-refractivity contribution in [1.82, 2.24) is 4.72 Å². The van der Waals surface area contributed by atoms with E-state index in [1.807, 2.05) is 20.8 Å². The number of rotatable bonds is 6. The molecule has 1 aromatic rings. The summed E-state index contributed by atoms with van der Waals surface area (Å²) >= 11 is 0. The van der Waals surface area contributed by atoms with Gasteiger partial charge in [0.2, 0.25) is 10.0 Å². The second kappa shape index (κ2) is 5.79. The summed E-state index contributed by atoms with van der Waals surface area (Å²) in [7, 11) is -2.23. The normalized spacial score (nSPS) is 12.4. The number of ether oxygens (including phenoxy) is 1. The van der Waals surface area contributed by atoms with E-state index in [9.17, 15) is 8.42 Å². The van der Waals surface area contributed by atoms with Crippen LogP contribution in [0, 0.1) is 0 Å². The number of hydrogen-bond donors (Lipinski definition) is 2. The predicted molar refractivity (Wildman–Crippen MR) is 76.7 cm³/mol. The monoisotopic (exact) mass is 286 g/mol. The SMILES string of the molecule is CCCC(C)(C)NS(=O)(=O)c1cc(N)ccc1OC. The minimum atomic E-state index is -3.66. The van der Waals surface area contributed by atoms with Gasteiger partial charge in [-0.1, -0.05) is 13.3 Å². The minimum Gasteiger partial charge on any atom is -0.495 e. The van der Waals surface area contributed by atoms with Gasteiger partial charge < -0.3 is 10.5 Å². The van der Waals surface area contributed by atoms with Crippen LogP contribution in [-0.2, 0) is 10.0 Å². The van der Waals surface area contributed by atoms with Gasteiger partial charge >= 0.3 is 0 Å². The highest BCUT2D eigenvalue weighted by molar-refractivity contribution is 7.89. The smallest absolute Gasteiger partial charge is 0.244 e. The fraction of sp³-hybridized carbons (Fsp3) is 0.538. The largest absolute Gasteiger partial charge is 0.495 e. The third-order valence-corrected chi connectivity index (χ3v) is 4.48. The number of benzene rings is 1. The molecule has 0 aliphatic carbocycles. The standard InChI is InChI=1S/C13H22N2O3S/c1-5-8-13(2,3)15-19(16,17)12-9-10(14)6-7-11(12)18-4/h6-7,9,15H,5,8,14H2,1-4H3. The van der Waals surface area contributed by atoms with E-state index in [4.69, 9.17) is 10.5 Å². The van der Waals surface area contributed by atoms with E-state index in [0.717, 1.165) is 12.8 Å². The molecule has 0 atom stereocenters. The molecule has 0 radical (unpaired) electrons. The topological polar surface area (TPSA) is 81.4 Å². The van der Waals surface area contributed by atoms with E-state index in [0.29, 0.717) is 5.69 Å². The summed E-state index contributed by atoms with van der Waals surface area (Å²) in [6.45, 7) is 5.72. The van der Waals surface area contributed by atoms with Crippen LogP contribution in [0.5, 0.6) is 5.75 Å². The highest BCUT2D eigenvalue weighted by Gasteiger charge is 2.27. The van der Waals surface area contributed by atoms with Gasteiger partial charge in [-0.3, -0.25) is 0 Å². The van der Waals surface area contributed by atoms with Crippen LogP contribution in [0.25, 0.3) is 0 Å². The molecule has 0 saturated heterocycles. The van der Waals surface area contributed by atoms with Crippen LogP contribution < -0.4 is 15.2 Å². The third kappa shape index (κ3) is 4.11. The average Bonchev–Trinajstić information content (AvgIpc) is 2.27. The lowest BCUT2D eigenvalue weighted by molar-refractivity contribution is 0.396. The van der Waals surface area contributed by atoms with Gasteiger partial charge in [0.25, 0.3) is 0 Å². The first-order chi connectivity index (χ1) is 8.72. The molecule has 0 amide bonds. The fourth-order valence-corrected chi connectivity index (χ4v) is 3.65. The molecule has 0 heterocycles. The molecule has 0 spiro atoms. The number of nitrogen functional groups attached to an aromatic ring is 1. The predicted octanol–water partition coefficient (Wildman–Crippen LogP) is 2.13. The van der Waals surface area contributed by atoms with Gasteiger partial charge in [0, 0.05) is 11.2 Å². The Morgan fingerprint density at radius 2 is 2.00 bits per heavy atom. The molecule has 0 saturated carbocycles. The Labute approximate surface area is 115 Å². The molecule has 3 N–H and O–H groups in total. The summed E-state index contributed by atoms with van der Waals surface area (Å²) in [5.74, 6) is 0.286. The molecule has 0 fully saturated rings. The molecule has 0 bridgehead atoms. The van der Waals surface area contributed by atoms with Crippen molar-refractivity contribution in [2.24, 2.45) is 0 Å². The van der Waals surface area contributed by atoms with Crippen LogP contribution in [0.15, 0.2) is 23.1 Å². The molecule has 5 nitrogen and oxygen atoms in total. The Morgan fingerprint density at radius 3 is 2.53 bits per heavy atom. The van der Waals surface area contributed by atoms with Gasteiger partial charge in [-0.2, -0.15) is 0 Å². The van der Waals surface area contributed by atoms with Gasteiger partial charge in [-0.15, -0.1) is 0 Å². The quantitative estimate of drug-likeness (QED) is 0.785. The van der Waals surface area contributed by atoms with Crippen LogP contribution in [0.2, 0.25) is 0 Å². The summed E-state index contributed by atoms with van der Waals surface area (Å²) in [6.07, 6.45) is 1.64. The first-order valence-corrected chi connectivity index (χ1v) is 7.67. The van der Waals surface area contributed by atoms with Crippen molar-refractivity contribution in [2.45, 2.75) is 44.0 Å². The van der Waals surface area contributed by atoms with Crippen molar-refractivity contribution in [2.75, 3.05) is 12.8 Å². The van der Waals surface area contributed by atoms with E-state index >= 15 is 0 Å². The van der Waals surface area contributed by atoms with Crippen molar-refractivity contribution < 1.29 is 13.2 Å². The Balaban J connectivity index is 3.17. The summed E-state index contributed by atoms with van der Waals surface area (Å²) < 4.78 is 32.6. The maximum atomic E-state index is 12.4. The van der Waals surface area contributed by atoms with Crippen LogP contribution in [0.4, 0.5) is 5.69 Å². The molecule has 1 rings (SSSR count).